The Hall–Kier alpha value is -1.88. The second kappa shape index (κ2) is 7.27. The van der Waals surface area contributed by atoms with Gasteiger partial charge in [-0.15, -0.1) is 13.2 Å². The minimum absolute atomic E-state index is 0.266. The molecular weight excluding hydrogens is 407 g/mol. The Balaban J connectivity index is 1.86. The van der Waals surface area contributed by atoms with E-state index in [1.54, 1.807) is 24.3 Å². The third-order valence-electron chi connectivity index (χ3n) is 4.12. The quantitative estimate of drug-likeness (QED) is 0.776. The maximum atomic E-state index is 12.8. The van der Waals surface area contributed by atoms with Gasteiger partial charge in [0.15, 0.2) is 0 Å². The van der Waals surface area contributed by atoms with Gasteiger partial charge < -0.3 is 10.1 Å². The molecule has 0 aliphatic carbocycles. The summed E-state index contributed by atoms with van der Waals surface area (Å²) in [5, 5.41) is 3.64. The molecule has 2 aromatic rings. The fraction of sp³-hybridized carbons (Fsp3) is 0.312. The van der Waals surface area contributed by atoms with Gasteiger partial charge in [-0.2, -0.15) is 4.72 Å². The highest BCUT2D eigenvalue weighted by Crippen LogP contribution is 2.31. The smallest absolute Gasteiger partial charge is 0.388 e. The van der Waals surface area contributed by atoms with Crippen molar-refractivity contribution in [2.24, 2.45) is 0 Å². The molecule has 0 saturated carbocycles. The van der Waals surface area contributed by atoms with Gasteiger partial charge in [-0.1, -0.05) is 23.7 Å². The van der Waals surface area contributed by atoms with Crippen LogP contribution in [0.5, 0.6) is 5.88 Å². The van der Waals surface area contributed by atoms with Crippen LogP contribution in [0.3, 0.4) is 0 Å². The predicted octanol–water partition coefficient (Wildman–Crippen LogP) is 2.80. The summed E-state index contributed by atoms with van der Waals surface area (Å²) in [7, 11) is -4.04. The molecule has 1 aromatic carbocycles. The third-order valence-corrected chi connectivity index (χ3v) is 5.90. The molecule has 27 heavy (non-hydrogen) atoms. The predicted molar refractivity (Wildman–Crippen MR) is 91.9 cm³/mol. The van der Waals surface area contributed by atoms with Crippen LogP contribution < -0.4 is 14.8 Å². The lowest BCUT2D eigenvalue weighted by Gasteiger charge is -2.30. The fourth-order valence-electron chi connectivity index (χ4n) is 2.87. The van der Waals surface area contributed by atoms with Crippen LogP contribution in [0, 0.1) is 0 Å². The summed E-state index contributed by atoms with van der Waals surface area (Å²) in [6.45, 7) is 0.957. The minimum Gasteiger partial charge on any atom is -0.388 e. The zero-order valence-electron chi connectivity index (χ0n) is 13.8. The van der Waals surface area contributed by atoms with E-state index < -0.39 is 27.8 Å². The lowest BCUT2D eigenvalue weighted by Crippen LogP contribution is -2.47. The molecule has 0 spiro atoms. The number of nitrogens with zero attached hydrogens (tertiary/aromatic N) is 1. The highest BCUT2D eigenvalue weighted by Gasteiger charge is 2.40. The Kier molecular flexibility index (Phi) is 5.35. The second-order valence-corrected chi connectivity index (χ2v) is 8.12. The van der Waals surface area contributed by atoms with Crippen molar-refractivity contribution < 1.29 is 26.3 Å². The van der Waals surface area contributed by atoms with E-state index in [-0.39, 0.29) is 4.90 Å². The summed E-state index contributed by atoms with van der Waals surface area (Å²) in [5.74, 6) is -0.739. The van der Waals surface area contributed by atoms with Crippen LogP contribution >= 0.6 is 11.6 Å². The summed E-state index contributed by atoms with van der Waals surface area (Å²) in [5.41, 5.74) is -0.171. The standard InChI is InChI=1S/C16H15ClF3N3O3S/c17-12-3-1-11(2-4-12)15(7-8-21-10-15)23-27(24,25)13-5-6-14(22-9-13)26-16(18,19)20/h1-6,9,21,23H,7-8,10H2/t15-/m1/s1. The van der Waals surface area contributed by atoms with Crippen molar-refractivity contribution in [1.82, 2.24) is 15.0 Å². The molecule has 1 saturated heterocycles. The van der Waals surface area contributed by atoms with E-state index in [0.29, 0.717) is 24.5 Å². The SMILES string of the molecule is O=S(=O)(N[C@]1(c2ccc(Cl)cc2)CCNC1)c1ccc(OC(F)(F)F)nc1. The first-order valence-corrected chi connectivity index (χ1v) is 9.68. The molecule has 0 unspecified atom stereocenters. The van der Waals surface area contributed by atoms with Crippen molar-refractivity contribution in [3.63, 3.8) is 0 Å². The van der Waals surface area contributed by atoms with Gasteiger partial charge >= 0.3 is 6.36 Å². The van der Waals surface area contributed by atoms with E-state index in [2.05, 4.69) is 19.8 Å². The van der Waals surface area contributed by atoms with Gasteiger partial charge in [0.05, 0.1) is 11.7 Å². The number of aromatic nitrogens is 1. The minimum atomic E-state index is -4.90. The van der Waals surface area contributed by atoms with Crippen LogP contribution in [0.2, 0.25) is 5.02 Å². The Labute approximate surface area is 158 Å². The number of benzene rings is 1. The van der Waals surface area contributed by atoms with Crippen molar-refractivity contribution >= 4 is 21.6 Å². The Morgan fingerprint density at radius 3 is 2.41 bits per heavy atom. The van der Waals surface area contributed by atoms with E-state index in [1.165, 1.54) is 0 Å². The number of hydrogen-bond acceptors (Lipinski definition) is 5. The first-order chi connectivity index (χ1) is 12.6. The van der Waals surface area contributed by atoms with E-state index in [1.807, 2.05) is 0 Å². The lowest BCUT2D eigenvalue weighted by molar-refractivity contribution is -0.276. The van der Waals surface area contributed by atoms with Crippen LogP contribution in [0.4, 0.5) is 13.2 Å². The first-order valence-electron chi connectivity index (χ1n) is 7.82. The van der Waals surface area contributed by atoms with E-state index >= 15 is 0 Å². The van der Waals surface area contributed by atoms with Gasteiger partial charge in [-0.25, -0.2) is 13.4 Å². The van der Waals surface area contributed by atoms with Gasteiger partial charge in [0.1, 0.15) is 4.90 Å². The normalized spacial score (nSPS) is 20.6. The summed E-state index contributed by atoms with van der Waals surface area (Å²) in [6.07, 6.45) is -3.59. The molecule has 0 bridgehead atoms. The van der Waals surface area contributed by atoms with Crippen LogP contribution in [0.15, 0.2) is 47.5 Å². The molecule has 1 fully saturated rings. The van der Waals surface area contributed by atoms with E-state index in [0.717, 1.165) is 23.9 Å². The number of alkyl halides is 3. The molecule has 0 radical (unpaired) electrons. The van der Waals surface area contributed by atoms with Gasteiger partial charge in [-0.3, -0.25) is 0 Å². The maximum Gasteiger partial charge on any atom is 0.574 e. The molecule has 1 aromatic heterocycles. The first kappa shape index (κ1) is 19.9. The van der Waals surface area contributed by atoms with Crippen LogP contribution in [-0.2, 0) is 15.6 Å². The summed E-state index contributed by atoms with van der Waals surface area (Å²) in [6, 6.07) is 8.65. The number of pyridine rings is 1. The molecule has 146 valence electrons. The molecule has 2 N–H and O–H groups in total. The Morgan fingerprint density at radius 1 is 1.19 bits per heavy atom. The third kappa shape index (κ3) is 4.70. The van der Waals surface area contributed by atoms with Crippen molar-refractivity contribution in [1.29, 1.82) is 0 Å². The summed E-state index contributed by atoms with van der Waals surface area (Å²) < 4.78 is 68.4. The number of ether oxygens (including phenoxy) is 1. The van der Waals surface area contributed by atoms with E-state index in [9.17, 15) is 21.6 Å². The highest BCUT2D eigenvalue weighted by atomic mass is 35.5. The molecule has 1 aliphatic rings. The molecule has 1 aliphatic heterocycles. The largest absolute Gasteiger partial charge is 0.574 e. The number of nitrogens with one attached hydrogen (secondary N) is 2. The van der Waals surface area contributed by atoms with Crippen LogP contribution in [-0.4, -0.2) is 32.9 Å². The summed E-state index contributed by atoms with van der Waals surface area (Å²) >= 11 is 5.90. The van der Waals surface area contributed by atoms with E-state index in [4.69, 9.17) is 11.6 Å². The van der Waals surface area contributed by atoms with Gasteiger partial charge in [0.2, 0.25) is 15.9 Å². The molecular formula is C16H15ClF3N3O3S. The molecule has 2 heterocycles. The average molecular weight is 422 g/mol. The number of rotatable bonds is 5. The van der Waals surface area contributed by atoms with Crippen molar-refractivity contribution in [2.75, 3.05) is 13.1 Å². The number of sulfonamides is 1. The molecule has 0 amide bonds. The molecule has 1 atom stereocenters. The van der Waals surface area contributed by atoms with Crippen LogP contribution in [0.1, 0.15) is 12.0 Å². The second-order valence-electron chi connectivity index (χ2n) is 6.00. The molecule has 6 nitrogen and oxygen atoms in total. The van der Waals surface area contributed by atoms with Crippen molar-refractivity contribution in [2.45, 2.75) is 23.2 Å². The van der Waals surface area contributed by atoms with Gasteiger partial charge in [-0.05, 0) is 36.7 Å². The zero-order chi connectivity index (χ0) is 19.7. The monoisotopic (exact) mass is 421 g/mol. The van der Waals surface area contributed by atoms with Crippen molar-refractivity contribution in [3.05, 3.63) is 53.2 Å². The summed E-state index contributed by atoms with van der Waals surface area (Å²) in [4.78, 5) is 3.15. The highest BCUT2D eigenvalue weighted by molar-refractivity contribution is 7.89. The number of hydrogen-bond donors (Lipinski definition) is 2. The number of halogens is 4. The topological polar surface area (TPSA) is 80.3 Å². The lowest BCUT2D eigenvalue weighted by atomic mass is 9.90. The Bertz CT molecular complexity index is 897. The maximum absolute atomic E-state index is 12.8. The van der Waals surface area contributed by atoms with Crippen molar-refractivity contribution in [3.8, 4) is 5.88 Å². The molecule has 3 rings (SSSR count). The molecule has 11 heteroatoms. The van der Waals surface area contributed by atoms with Gasteiger partial charge in [0.25, 0.3) is 0 Å². The fourth-order valence-corrected chi connectivity index (χ4v) is 4.36. The average Bonchev–Trinajstić information content (AvgIpc) is 3.03. The van der Waals surface area contributed by atoms with Crippen LogP contribution in [0.25, 0.3) is 0 Å². The zero-order valence-corrected chi connectivity index (χ0v) is 15.3. The Morgan fingerprint density at radius 2 is 1.89 bits per heavy atom. The van der Waals surface area contributed by atoms with Gasteiger partial charge in [0, 0.05) is 17.6 Å².